The fourth-order valence-electron chi connectivity index (χ4n) is 4.22. The molecular weight excluding hydrogens is 406 g/mol. The van der Waals surface area contributed by atoms with Gasteiger partial charge >= 0.3 is 0 Å². The van der Waals surface area contributed by atoms with Crippen molar-refractivity contribution in [3.05, 3.63) is 57.8 Å². The Morgan fingerprint density at radius 1 is 1.19 bits per heavy atom. The molecule has 1 aromatic heterocycles. The van der Waals surface area contributed by atoms with Crippen LogP contribution in [0, 0.1) is 18.8 Å². The number of hydrogen-bond acceptors (Lipinski definition) is 4. The third-order valence-electron chi connectivity index (χ3n) is 5.85. The first-order valence-corrected chi connectivity index (χ1v) is 12.2. The van der Waals surface area contributed by atoms with Crippen molar-refractivity contribution in [3.8, 4) is 0 Å². The van der Waals surface area contributed by atoms with E-state index in [1.54, 1.807) is 17.4 Å². The number of nitrogens with one attached hydrogen (secondary N) is 2. The molecule has 1 fully saturated rings. The van der Waals surface area contributed by atoms with Crippen LogP contribution in [0.5, 0.6) is 0 Å². The van der Waals surface area contributed by atoms with Gasteiger partial charge in [-0.3, -0.25) is 14.5 Å². The first-order valence-electron chi connectivity index (χ1n) is 11.3. The van der Waals surface area contributed by atoms with Crippen LogP contribution in [-0.4, -0.2) is 42.4 Å². The van der Waals surface area contributed by atoms with Gasteiger partial charge in [-0.1, -0.05) is 38.1 Å². The second-order valence-electron chi connectivity index (χ2n) is 9.04. The summed E-state index contributed by atoms with van der Waals surface area (Å²) in [6.07, 6.45) is 2.91. The van der Waals surface area contributed by atoms with E-state index >= 15 is 0 Å². The highest BCUT2D eigenvalue weighted by atomic mass is 32.1. The molecule has 0 bridgehead atoms. The van der Waals surface area contributed by atoms with E-state index in [0.29, 0.717) is 30.4 Å². The van der Waals surface area contributed by atoms with E-state index in [0.717, 1.165) is 38.0 Å². The minimum atomic E-state index is -0.516. The van der Waals surface area contributed by atoms with Crippen LogP contribution in [0.1, 0.15) is 53.9 Å². The molecule has 1 aromatic carbocycles. The third-order valence-corrected chi connectivity index (χ3v) is 6.71. The summed E-state index contributed by atoms with van der Waals surface area (Å²) >= 11 is 1.80. The van der Waals surface area contributed by atoms with Crippen molar-refractivity contribution in [1.82, 2.24) is 15.5 Å². The number of carbonyl (C=O) groups is 2. The van der Waals surface area contributed by atoms with Gasteiger partial charge in [-0.2, -0.15) is 0 Å². The van der Waals surface area contributed by atoms with Crippen LogP contribution in [0.25, 0.3) is 0 Å². The lowest BCUT2D eigenvalue weighted by molar-refractivity contribution is -0.123. The number of piperidine rings is 1. The molecule has 1 aliphatic heterocycles. The average molecular weight is 442 g/mol. The molecule has 0 spiro atoms. The van der Waals surface area contributed by atoms with Crippen molar-refractivity contribution < 1.29 is 9.59 Å². The Labute approximate surface area is 190 Å². The van der Waals surface area contributed by atoms with Gasteiger partial charge in [0, 0.05) is 30.1 Å². The van der Waals surface area contributed by atoms with Crippen LogP contribution >= 0.6 is 11.3 Å². The Bertz CT molecular complexity index is 850. The molecule has 2 N–H and O–H groups in total. The second-order valence-corrected chi connectivity index (χ2v) is 10.1. The van der Waals surface area contributed by atoms with Crippen LogP contribution < -0.4 is 10.6 Å². The topological polar surface area (TPSA) is 61.4 Å². The Morgan fingerprint density at radius 3 is 2.71 bits per heavy atom. The van der Waals surface area contributed by atoms with E-state index in [2.05, 4.69) is 46.9 Å². The number of amides is 2. The van der Waals surface area contributed by atoms with E-state index in [1.165, 1.54) is 4.88 Å². The maximum absolute atomic E-state index is 13.0. The molecule has 2 unspecified atom stereocenters. The molecule has 168 valence electrons. The van der Waals surface area contributed by atoms with E-state index in [1.807, 2.05) is 25.1 Å². The SMILES string of the molecule is Cc1ccccc1C(=O)NC(CC(C)C)C(=O)NCC1CCCN(Cc2cccs2)C1. The smallest absolute Gasteiger partial charge is 0.252 e. The molecule has 2 heterocycles. The fourth-order valence-corrected chi connectivity index (χ4v) is 4.97. The standard InChI is InChI=1S/C25H35N3O2S/c1-18(2)14-23(27-24(29)22-11-5-4-8-19(22)3)25(30)26-15-20-9-6-12-28(16-20)17-21-10-7-13-31-21/h4-5,7-8,10-11,13,18,20,23H,6,9,12,14-17H2,1-3H3,(H,26,30)(H,27,29). The van der Waals surface area contributed by atoms with Gasteiger partial charge in [-0.25, -0.2) is 0 Å². The first kappa shape index (κ1) is 23.5. The minimum absolute atomic E-state index is 0.0778. The number of rotatable bonds is 9. The van der Waals surface area contributed by atoms with Crippen molar-refractivity contribution in [1.29, 1.82) is 0 Å². The molecule has 3 rings (SSSR count). The van der Waals surface area contributed by atoms with Gasteiger partial charge in [0.15, 0.2) is 0 Å². The fraction of sp³-hybridized carbons (Fsp3) is 0.520. The lowest BCUT2D eigenvalue weighted by atomic mass is 9.97. The van der Waals surface area contributed by atoms with Crippen molar-refractivity contribution >= 4 is 23.2 Å². The molecule has 1 aliphatic rings. The normalized spacial score (nSPS) is 18.0. The highest BCUT2D eigenvalue weighted by molar-refractivity contribution is 7.09. The van der Waals surface area contributed by atoms with Gasteiger partial charge in [-0.15, -0.1) is 11.3 Å². The summed E-state index contributed by atoms with van der Waals surface area (Å²) in [5, 5.41) is 8.22. The van der Waals surface area contributed by atoms with Crippen molar-refractivity contribution in [2.45, 2.75) is 52.6 Å². The van der Waals surface area contributed by atoms with E-state index in [-0.39, 0.29) is 11.8 Å². The number of carbonyl (C=O) groups excluding carboxylic acids is 2. The Kier molecular flexibility index (Phi) is 8.67. The van der Waals surface area contributed by atoms with Crippen LogP contribution in [0.15, 0.2) is 41.8 Å². The Morgan fingerprint density at radius 2 is 2.00 bits per heavy atom. The molecule has 2 atom stereocenters. The number of hydrogen-bond donors (Lipinski definition) is 2. The van der Waals surface area contributed by atoms with Crippen molar-refractivity contribution in [2.24, 2.45) is 11.8 Å². The van der Waals surface area contributed by atoms with E-state index < -0.39 is 6.04 Å². The molecule has 1 saturated heterocycles. The minimum Gasteiger partial charge on any atom is -0.354 e. The van der Waals surface area contributed by atoms with Crippen LogP contribution in [0.2, 0.25) is 0 Å². The second kappa shape index (κ2) is 11.4. The summed E-state index contributed by atoms with van der Waals surface area (Å²) in [7, 11) is 0. The van der Waals surface area contributed by atoms with Gasteiger partial charge in [0.2, 0.25) is 5.91 Å². The molecule has 0 radical (unpaired) electrons. The Balaban J connectivity index is 1.54. The van der Waals surface area contributed by atoms with E-state index in [4.69, 9.17) is 0 Å². The van der Waals surface area contributed by atoms with Crippen LogP contribution in [-0.2, 0) is 11.3 Å². The molecule has 6 heteroatoms. The van der Waals surface area contributed by atoms with Gasteiger partial charge in [0.1, 0.15) is 6.04 Å². The van der Waals surface area contributed by atoms with E-state index in [9.17, 15) is 9.59 Å². The van der Waals surface area contributed by atoms with Crippen molar-refractivity contribution in [2.75, 3.05) is 19.6 Å². The summed E-state index contributed by atoms with van der Waals surface area (Å²) < 4.78 is 0. The summed E-state index contributed by atoms with van der Waals surface area (Å²) in [5.74, 6) is 0.498. The zero-order valence-electron chi connectivity index (χ0n) is 18.9. The van der Waals surface area contributed by atoms with Gasteiger partial charge in [0.25, 0.3) is 5.91 Å². The predicted molar refractivity (Wildman–Crippen MR) is 127 cm³/mol. The third kappa shape index (κ3) is 7.18. The number of likely N-dealkylation sites (tertiary alicyclic amines) is 1. The summed E-state index contributed by atoms with van der Waals surface area (Å²) in [6.45, 7) is 9.83. The lowest BCUT2D eigenvalue weighted by Crippen LogP contribution is -2.49. The average Bonchev–Trinajstić information content (AvgIpc) is 3.24. The number of benzene rings is 1. The van der Waals surface area contributed by atoms with Gasteiger partial charge in [0.05, 0.1) is 0 Å². The molecular formula is C25H35N3O2S. The predicted octanol–water partition coefficient (Wildman–Crippen LogP) is 4.23. The summed E-state index contributed by atoms with van der Waals surface area (Å²) in [6, 6.07) is 11.3. The quantitative estimate of drug-likeness (QED) is 0.612. The Hall–Kier alpha value is -2.18. The number of aryl methyl sites for hydroxylation is 1. The summed E-state index contributed by atoms with van der Waals surface area (Å²) in [5.41, 5.74) is 1.54. The largest absolute Gasteiger partial charge is 0.354 e. The highest BCUT2D eigenvalue weighted by Crippen LogP contribution is 2.20. The highest BCUT2D eigenvalue weighted by Gasteiger charge is 2.25. The van der Waals surface area contributed by atoms with Crippen LogP contribution in [0.4, 0.5) is 0 Å². The monoisotopic (exact) mass is 441 g/mol. The zero-order valence-corrected chi connectivity index (χ0v) is 19.7. The maximum atomic E-state index is 13.0. The molecule has 2 amide bonds. The summed E-state index contributed by atoms with van der Waals surface area (Å²) in [4.78, 5) is 29.6. The number of thiophene rings is 1. The van der Waals surface area contributed by atoms with Crippen molar-refractivity contribution in [3.63, 3.8) is 0 Å². The van der Waals surface area contributed by atoms with Gasteiger partial charge in [-0.05, 0) is 67.6 Å². The molecule has 31 heavy (non-hydrogen) atoms. The molecule has 2 aromatic rings. The molecule has 5 nitrogen and oxygen atoms in total. The molecule has 0 aliphatic carbocycles. The lowest BCUT2D eigenvalue weighted by Gasteiger charge is -2.33. The zero-order chi connectivity index (χ0) is 22.2. The maximum Gasteiger partial charge on any atom is 0.252 e. The molecule has 0 saturated carbocycles. The van der Waals surface area contributed by atoms with Gasteiger partial charge < -0.3 is 10.6 Å². The van der Waals surface area contributed by atoms with Crippen LogP contribution in [0.3, 0.4) is 0 Å². The number of nitrogens with zero attached hydrogens (tertiary/aromatic N) is 1. The first-order chi connectivity index (χ1) is 14.9.